The molecule has 0 aliphatic carbocycles. The van der Waals surface area contributed by atoms with Crippen LogP contribution in [0.5, 0.6) is 0 Å². The molecule has 36 heavy (non-hydrogen) atoms. The molecule has 1 amide bonds. The summed E-state index contributed by atoms with van der Waals surface area (Å²) in [4.78, 5) is 22.4. The molecule has 0 bridgehead atoms. The standard InChI is InChI=1S/C28H25ClN6O/c1-19-8-6-9-20(18-19)27(36)33-14-7-15-34(17-16-33)28-30-24-13-5-3-11-22(24)26-32-31-25(35(26)28)21-10-2-4-12-23(21)29/h2-6,8-13,18H,7,14-17H2,1H3. The summed E-state index contributed by atoms with van der Waals surface area (Å²) in [6, 6.07) is 23.4. The van der Waals surface area contributed by atoms with Gasteiger partial charge in [-0.15, -0.1) is 10.2 Å². The Morgan fingerprint density at radius 3 is 2.58 bits per heavy atom. The topological polar surface area (TPSA) is 66.6 Å². The number of nitrogens with zero attached hydrogens (tertiary/aromatic N) is 6. The smallest absolute Gasteiger partial charge is 0.253 e. The molecule has 3 heterocycles. The molecule has 0 atom stereocenters. The van der Waals surface area contributed by atoms with Crippen LogP contribution in [0.4, 0.5) is 5.95 Å². The molecule has 1 fully saturated rings. The zero-order valence-corrected chi connectivity index (χ0v) is 20.7. The molecule has 7 nitrogen and oxygen atoms in total. The number of fused-ring (bicyclic) bond motifs is 3. The lowest BCUT2D eigenvalue weighted by atomic mass is 10.1. The highest BCUT2D eigenvalue weighted by atomic mass is 35.5. The summed E-state index contributed by atoms with van der Waals surface area (Å²) in [6.07, 6.45) is 0.830. The highest BCUT2D eigenvalue weighted by molar-refractivity contribution is 6.33. The van der Waals surface area contributed by atoms with Crippen molar-refractivity contribution in [2.24, 2.45) is 0 Å². The molecule has 8 heteroatoms. The predicted molar refractivity (Wildman–Crippen MR) is 143 cm³/mol. The van der Waals surface area contributed by atoms with E-state index in [9.17, 15) is 4.79 Å². The third-order valence-corrected chi connectivity index (χ3v) is 7.00. The van der Waals surface area contributed by atoms with Crippen molar-refractivity contribution in [2.75, 3.05) is 31.1 Å². The highest BCUT2D eigenvalue weighted by Crippen LogP contribution is 2.32. The van der Waals surface area contributed by atoms with Crippen molar-refractivity contribution in [3.63, 3.8) is 0 Å². The van der Waals surface area contributed by atoms with Crippen molar-refractivity contribution in [2.45, 2.75) is 13.3 Å². The van der Waals surface area contributed by atoms with Gasteiger partial charge in [-0.2, -0.15) is 0 Å². The number of para-hydroxylation sites is 1. The molecule has 0 radical (unpaired) electrons. The van der Waals surface area contributed by atoms with E-state index in [0.717, 1.165) is 52.2 Å². The largest absolute Gasteiger partial charge is 0.340 e. The van der Waals surface area contributed by atoms with Crippen LogP contribution in [-0.2, 0) is 0 Å². The quantitative estimate of drug-likeness (QED) is 0.341. The van der Waals surface area contributed by atoms with Gasteiger partial charge in [-0.3, -0.25) is 4.79 Å². The lowest BCUT2D eigenvalue weighted by Crippen LogP contribution is -2.36. The van der Waals surface area contributed by atoms with Crippen molar-refractivity contribution in [1.29, 1.82) is 0 Å². The van der Waals surface area contributed by atoms with Gasteiger partial charge in [0.05, 0.1) is 10.5 Å². The summed E-state index contributed by atoms with van der Waals surface area (Å²) >= 11 is 6.56. The van der Waals surface area contributed by atoms with Crippen LogP contribution in [0.2, 0.25) is 5.02 Å². The van der Waals surface area contributed by atoms with Gasteiger partial charge in [-0.1, -0.05) is 53.6 Å². The van der Waals surface area contributed by atoms with E-state index in [1.54, 1.807) is 0 Å². The normalized spacial score (nSPS) is 14.4. The van der Waals surface area contributed by atoms with Crippen molar-refractivity contribution in [1.82, 2.24) is 24.5 Å². The first-order valence-corrected chi connectivity index (χ1v) is 12.5. The minimum atomic E-state index is 0.0678. The van der Waals surface area contributed by atoms with Crippen LogP contribution in [0.1, 0.15) is 22.3 Å². The number of carbonyl (C=O) groups excluding carboxylic acids is 1. The SMILES string of the molecule is Cc1cccc(C(=O)N2CCCN(c3nc4ccccc4c4nnc(-c5ccccc5Cl)n34)CC2)c1. The number of aryl methyl sites for hydroxylation is 1. The number of aromatic nitrogens is 4. The van der Waals surface area contributed by atoms with Gasteiger partial charge in [0.15, 0.2) is 11.5 Å². The van der Waals surface area contributed by atoms with Gasteiger partial charge >= 0.3 is 0 Å². The first kappa shape index (κ1) is 22.5. The van der Waals surface area contributed by atoms with Gasteiger partial charge in [0.2, 0.25) is 5.95 Å². The Balaban J connectivity index is 1.41. The van der Waals surface area contributed by atoms with Crippen molar-refractivity contribution < 1.29 is 4.79 Å². The van der Waals surface area contributed by atoms with E-state index in [0.29, 0.717) is 30.5 Å². The molecule has 0 spiro atoms. The Bertz CT molecular complexity index is 1600. The first-order valence-electron chi connectivity index (χ1n) is 12.1. The van der Waals surface area contributed by atoms with Gasteiger partial charge in [-0.05, 0) is 49.7 Å². The fourth-order valence-corrected chi connectivity index (χ4v) is 5.10. The highest BCUT2D eigenvalue weighted by Gasteiger charge is 2.25. The Morgan fingerprint density at radius 1 is 0.889 bits per heavy atom. The second-order valence-corrected chi connectivity index (χ2v) is 9.50. The van der Waals surface area contributed by atoms with Gasteiger partial charge in [0.25, 0.3) is 5.91 Å². The van der Waals surface area contributed by atoms with Crippen molar-refractivity contribution in [3.05, 3.63) is 88.9 Å². The maximum absolute atomic E-state index is 13.2. The third-order valence-electron chi connectivity index (χ3n) is 6.67. The van der Waals surface area contributed by atoms with Gasteiger partial charge in [0.1, 0.15) is 0 Å². The Kier molecular flexibility index (Phi) is 5.77. The molecule has 0 N–H and O–H groups in total. The molecule has 5 aromatic rings. The van der Waals surface area contributed by atoms with Crippen LogP contribution in [0, 0.1) is 6.92 Å². The molecule has 1 aliphatic heterocycles. The van der Waals surface area contributed by atoms with Crippen LogP contribution < -0.4 is 4.90 Å². The monoisotopic (exact) mass is 496 g/mol. The van der Waals surface area contributed by atoms with E-state index in [-0.39, 0.29) is 5.91 Å². The molecular formula is C28H25ClN6O. The number of halogens is 1. The summed E-state index contributed by atoms with van der Waals surface area (Å²) in [5.41, 5.74) is 4.21. The molecule has 0 unspecified atom stereocenters. The zero-order valence-electron chi connectivity index (χ0n) is 19.9. The number of anilines is 1. The van der Waals surface area contributed by atoms with E-state index in [1.165, 1.54) is 0 Å². The molecular weight excluding hydrogens is 472 g/mol. The van der Waals surface area contributed by atoms with Crippen LogP contribution in [0.25, 0.3) is 27.9 Å². The molecule has 6 rings (SSSR count). The number of hydrogen-bond donors (Lipinski definition) is 0. The number of amides is 1. The van der Waals surface area contributed by atoms with Crippen LogP contribution >= 0.6 is 11.6 Å². The average Bonchev–Trinajstić information content (AvgIpc) is 3.19. The average molecular weight is 497 g/mol. The summed E-state index contributed by atoms with van der Waals surface area (Å²) in [5, 5.41) is 10.6. The Labute approximate surface area is 214 Å². The summed E-state index contributed by atoms with van der Waals surface area (Å²) < 4.78 is 2.00. The van der Waals surface area contributed by atoms with E-state index < -0.39 is 0 Å². The lowest BCUT2D eigenvalue weighted by Gasteiger charge is -2.24. The van der Waals surface area contributed by atoms with Gasteiger partial charge < -0.3 is 9.80 Å². The lowest BCUT2D eigenvalue weighted by molar-refractivity contribution is 0.0767. The second kappa shape index (κ2) is 9.24. The van der Waals surface area contributed by atoms with E-state index in [1.807, 2.05) is 89.0 Å². The maximum Gasteiger partial charge on any atom is 0.253 e. The van der Waals surface area contributed by atoms with E-state index in [4.69, 9.17) is 16.6 Å². The maximum atomic E-state index is 13.2. The minimum absolute atomic E-state index is 0.0678. The Morgan fingerprint density at radius 2 is 1.72 bits per heavy atom. The molecule has 2 aromatic heterocycles. The fourth-order valence-electron chi connectivity index (χ4n) is 4.88. The summed E-state index contributed by atoms with van der Waals surface area (Å²) in [7, 11) is 0. The minimum Gasteiger partial charge on any atom is -0.340 e. The predicted octanol–water partition coefficient (Wildman–Crippen LogP) is 5.26. The molecule has 3 aromatic carbocycles. The number of carbonyl (C=O) groups is 1. The second-order valence-electron chi connectivity index (χ2n) is 9.09. The van der Waals surface area contributed by atoms with E-state index >= 15 is 0 Å². The fraction of sp³-hybridized carbons (Fsp3) is 0.214. The molecule has 1 saturated heterocycles. The number of rotatable bonds is 3. The van der Waals surface area contributed by atoms with Crippen LogP contribution in [0.3, 0.4) is 0 Å². The first-order chi connectivity index (χ1) is 17.6. The number of hydrogen-bond acceptors (Lipinski definition) is 5. The van der Waals surface area contributed by atoms with Crippen LogP contribution in [-0.4, -0.2) is 56.6 Å². The van der Waals surface area contributed by atoms with Crippen LogP contribution in [0.15, 0.2) is 72.8 Å². The van der Waals surface area contributed by atoms with E-state index in [2.05, 4.69) is 15.1 Å². The van der Waals surface area contributed by atoms with Gasteiger partial charge in [0, 0.05) is 42.7 Å². The molecule has 0 saturated carbocycles. The zero-order chi connectivity index (χ0) is 24.6. The molecule has 1 aliphatic rings. The van der Waals surface area contributed by atoms with Crippen molar-refractivity contribution >= 4 is 40.0 Å². The number of benzene rings is 3. The summed E-state index contributed by atoms with van der Waals surface area (Å²) in [6.45, 7) is 4.72. The summed E-state index contributed by atoms with van der Waals surface area (Å²) in [5.74, 6) is 1.48. The Hall–Kier alpha value is -3.97. The third kappa shape index (κ3) is 3.95. The van der Waals surface area contributed by atoms with Gasteiger partial charge in [-0.25, -0.2) is 9.38 Å². The van der Waals surface area contributed by atoms with Crippen molar-refractivity contribution in [3.8, 4) is 11.4 Å². The molecule has 180 valence electrons.